The van der Waals surface area contributed by atoms with Gasteiger partial charge in [-0.05, 0) is 50.4 Å². The summed E-state index contributed by atoms with van der Waals surface area (Å²) in [4.78, 5) is 24.1. The normalized spacial score (nSPS) is 32.7. The molecule has 3 heteroatoms. The van der Waals surface area contributed by atoms with E-state index in [1.807, 2.05) is 0 Å². The highest BCUT2D eigenvalue weighted by Gasteiger charge is 2.38. The third kappa shape index (κ3) is 4.57. The molecule has 0 bridgehead atoms. The molecule has 0 heterocycles. The smallest absolute Gasteiger partial charge is 0.316 e. The SMILES string of the molecule is CCCCC1CCC([C@@H]2CC[C@@H](C(=O)OCC)C(=O)C2)CC1. The summed E-state index contributed by atoms with van der Waals surface area (Å²) in [6, 6.07) is 0. The van der Waals surface area contributed by atoms with Gasteiger partial charge in [-0.25, -0.2) is 0 Å². The number of hydrogen-bond donors (Lipinski definition) is 0. The molecule has 0 radical (unpaired) electrons. The third-order valence-corrected chi connectivity index (χ3v) is 5.77. The fourth-order valence-corrected chi connectivity index (χ4v) is 4.38. The topological polar surface area (TPSA) is 43.4 Å². The molecule has 0 saturated heterocycles. The Hall–Kier alpha value is -0.860. The Morgan fingerprint density at radius 2 is 1.73 bits per heavy atom. The summed E-state index contributed by atoms with van der Waals surface area (Å²) < 4.78 is 5.02. The molecule has 0 N–H and O–H groups in total. The average Bonchev–Trinajstić information content (AvgIpc) is 2.53. The molecule has 0 aromatic heterocycles. The quantitative estimate of drug-likeness (QED) is 0.535. The van der Waals surface area contributed by atoms with E-state index in [1.54, 1.807) is 6.92 Å². The van der Waals surface area contributed by atoms with Crippen molar-refractivity contribution < 1.29 is 14.3 Å². The predicted octanol–water partition coefficient (Wildman–Crippen LogP) is 4.53. The molecule has 2 aliphatic carbocycles. The molecule has 2 rings (SSSR count). The Kier molecular flexibility index (Phi) is 6.91. The average molecular weight is 308 g/mol. The zero-order valence-corrected chi connectivity index (χ0v) is 14.3. The minimum atomic E-state index is -0.475. The van der Waals surface area contributed by atoms with Crippen molar-refractivity contribution >= 4 is 11.8 Å². The van der Waals surface area contributed by atoms with Crippen molar-refractivity contribution in [3.05, 3.63) is 0 Å². The molecular formula is C19H32O3. The van der Waals surface area contributed by atoms with Gasteiger partial charge in [0.25, 0.3) is 0 Å². The second-order valence-electron chi connectivity index (χ2n) is 7.24. The third-order valence-electron chi connectivity index (χ3n) is 5.77. The first-order chi connectivity index (χ1) is 10.7. The van der Waals surface area contributed by atoms with Gasteiger partial charge in [-0.1, -0.05) is 39.0 Å². The van der Waals surface area contributed by atoms with Crippen LogP contribution in [0.25, 0.3) is 0 Å². The van der Waals surface area contributed by atoms with Crippen molar-refractivity contribution in [3.8, 4) is 0 Å². The molecule has 0 amide bonds. The van der Waals surface area contributed by atoms with Gasteiger partial charge in [0.2, 0.25) is 0 Å². The number of hydrogen-bond acceptors (Lipinski definition) is 3. The van der Waals surface area contributed by atoms with Crippen LogP contribution in [0.4, 0.5) is 0 Å². The van der Waals surface area contributed by atoms with Gasteiger partial charge in [0.15, 0.2) is 0 Å². The summed E-state index contributed by atoms with van der Waals surface area (Å²) in [5.74, 6) is 1.51. The molecule has 0 spiro atoms. The largest absolute Gasteiger partial charge is 0.465 e. The van der Waals surface area contributed by atoms with Crippen LogP contribution in [0.15, 0.2) is 0 Å². The fraction of sp³-hybridized carbons (Fsp3) is 0.895. The maximum absolute atomic E-state index is 12.3. The Bertz CT molecular complexity index is 369. The highest BCUT2D eigenvalue weighted by atomic mass is 16.5. The number of carbonyl (C=O) groups excluding carboxylic acids is 2. The summed E-state index contributed by atoms with van der Waals surface area (Å²) in [7, 11) is 0. The van der Waals surface area contributed by atoms with E-state index in [1.165, 1.54) is 44.9 Å². The molecule has 2 saturated carbocycles. The Balaban J connectivity index is 1.77. The van der Waals surface area contributed by atoms with Crippen LogP contribution in [0, 0.1) is 23.7 Å². The molecule has 2 aliphatic rings. The zero-order chi connectivity index (χ0) is 15.9. The van der Waals surface area contributed by atoms with Crippen molar-refractivity contribution in [3.63, 3.8) is 0 Å². The monoisotopic (exact) mass is 308 g/mol. The Morgan fingerprint density at radius 1 is 1.05 bits per heavy atom. The molecule has 0 aromatic rings. The maximum Gasteiger partial charge on any atom is 0.316 e. The predicted molar refractivity (Wildman–Crippen MR) is 87.4 cm³/mol. The van der Waals surface area contributed by atoms with Gasteiger partial charge in [-0.3, -0.25) is 9.59 Å². The van der Waals surface area contributed by atoms with Gasteiger partial charge in [0, 0.05) is 6.42 Å². The van der Waals surface area contributed by atoms with Crippen LogP contribution in [0.5, 0.6) is 0 Å². The van der Waals surface area contributed by atoms with E-state index in [4.69, 9.17) is 4.74 Å². The summed E-state index contributed by atoms with van der Waals surface area (Å²) in [6.07, 6.45) is 11.6. The number of Topliss-reactive ketones (excluding diaryl/α,β-unsaturated/α-hetero) is 1. The number of ether oxygens (including phenoxy) is 1. The first-order valence-corrected chi connectivity index (χ1v) is 9.35. The number of esters is 1. The van der Waals surface area contributed by atoms with Crippen molar-refractivity contribution in [2.45, 2.75) is 78.1 Å². The van der Waals surface area contributed by atoms with Crippen LogP contribution >= 0.6 is 0 Å². The fourth-order valence-electron chi connectivity index (χ4n) is 4.38. The van der Waals surface area contributed by atoms with Gasteiger partial charge in [0.05, 0.1) is 6.61 Å². The first-order valence-electron chi connectivity index (χ1n) is 9.35. The second kappa shape index (κ2) is 8.69. The van der Waals surface area contributed by atoms with Gasteiger partial charge < -0.3 is 4.74 Å². The molecule has 0 aliphatic heterocycles. The van der Waals surface area contributed by atoms with Crippen LogP contribution in [0.2, 0.25) is 0 Å². The van der Waals surface area contributed by atoms with E-state index in [0.29, 0.717) is 31.3 Å². The zero-order valence-electron chi connectivity index (χ0n) is 14.3. The molecular weight excluding hydrogens is 276 g/mol. The molecule has 0 unspecified atom stereocenters. The van der Waals surface area contributed by atoms with Gasteiger partial charge in [-0.2, -0.15) is 0 Å². The Morgan fingerprint density at radius 3 is 2.32 bits per heavy atom. The minimum absolute atomic E-state index is 0.128. The number of carbonyl (C=O) groups is 2. The standard InChI is InChI=1S/C19H32O3/c1-3-5-6-14-7-9-15(10-8-14)16-11-12-17(18(20)13-16)19(21)22-4-2/h14-17H,3-13H2,1-2H3/t14?,15?,16-,17-/m1/s1. The van der Waals surface area contributed by atoms with Crippen LogP contribution < -0.4 is 0 Å². The summed E-state index contributed by atoms with van der Waals surface area (Å²) in [6.45, 7) is 4.43. The van der Waals surface area contributed by atoms with Gasteiger partial charge >= 0.3 is 5.97 Å². The summed E-state index contributed by atoms with van der Waals surface area (Å²) in [5, 5.41) is 0. The minimum Gasteiger partial charge on any atom is -0.465 e. The van der Waals surface area contributed by atoms with Crippen molar-refractivity contribution in [2.24, 2.45) is 23.7 Å². The van der Waals surface area contributed by atoms with Crippen LogP contribution in [-0.4, -0.2) is 18.4 Å². The first kappa shape index (κ1) is 17.5. The lowest BCUT2D eigenvalue weighted by Crippen LogP contribution is -2.35. The van der Waals surface area contributed by atoms with E-state index in [2.05, 4.69) is 6.92 Å². The second-order valence-corrected chi connectivity index (χ2v) is 7.24. The molecule has 22 heavy (non-hydrogen) atoms. The Labute approximate surface area is 135 Å². The van der Waals surface area contributed by atoms with Crippen molar-refractivity contribution in [2.75, 3.05) is 6.61 Å². The molecule has 3 nitrogen and oxygen atoms in total. The summed E-state index contributed by atoms with van der Waals surface area (Å²) >= 11 is 0. The van der Waals surface area contributed by atoms with Crippen LogP contribution in [0.1, 0.15) is 78.1 Å². The number of rotatable bonds is 6. The van der Waals surface area contributed by atoms with Gasteiger partial charge in [0.1, 0.15) is 11.7 Å². The van der Waals surface area contributed by atoms with Crippen LogP contribution in [-0.2, 0) is 14.3 Å². The lowest BCUT2D eigenvalue weighted by atomic mass is 9.68. The van der Waals surface area contributed by atoms with E-state index in [0.717, 1.165) is 12.3 Å². The summed E-state index contributed by atoms with van der Waals surface area (Å²) in [5.41, 5.74) is 0. The van der Waals surface area contributed by atoms with Crippen LogP contribution in [0.3, 0.4) is 0 Å². The lowest BCUT2D eigenvalue weighted by Gasteiger charge is -2.36. The highest BCUT2D eigenvalue weighted by Crippen LogP contribution is 2.41. The van der Waals surface area contributed by atoms with E-state index in [9.17, 15) is 9.59 Å². The van der Waals surface area contributed by atoms with Gasteiger partial charge in [-0.15, -0.1) is 0 Å². The molecule has 2 fully saturated rings. The van der Waals surface area contributed by atoms with Crippen molar-refractivity contribution in [1.29, 1.82) is 0 Å². The van der Waals surface area contributed by atoms with E-state index in [-0.39, 0.29) is 11.8 Å². The highest BCUT2D eigenvalue weighted by molar-refractivity contribution is 5.99. The molecule has 126 valence electrons. The maximum atomic E-state index is 12.3. The lowest BCUT2D eigenvalue weighted by molar-refractivity contribution is -0.153. The number of ketones is 1. The van der Waals surface area contributed by atoms with E-state index >= 15 is 0 Å². The molecule has 2 atom stereocenters. The van der Waals surface area contributed by atoms with Crippen molar-refractivity contribution in [1.82, 2.24) is 0 Å². The van der Waals surface area contributed by atoms with E-state index < -0.39 is 5.92 Å². The molecule has 0 aromatic carbocycles. The number of unbranched alkanes of at least 4 members (excludes halogenated alkanes) is 1.